The molecule has 8 heteroatoms. The Hall–Kier alpha value is -2.35. The minimum Gasteiger partial charge on any atom is -0.283 e. The SMILES string of the molecule is CCCCSc1nnnn1-c1c(C)n(C)n(-c2ccccc2)c1=O. The molecule has 0 radical (unpaired) electrons. The van der Waals surface area contributed by atoms with Crippen LogP contribution in [0.15, 0.2) is 40.3 Å². The van der Waals surface area contributed by atoms with Gasteiger partial charge >= 0.3 is 0 Å². The van der Waals surface area contributed by atoms with E-state index in [4.69, 9.17) is 0 Å². The molecule has 0 atom stereocenters. The van der Waals surface area contributed by atoms with E-state index in [1.807, 2.05) is 49.0 Å². The highest BCUT2D eigenvalue weighted by molar-refractivity contribution is 7.99. The fraction of sp³-hybridized carbons (Fsp3) is 0.375. The molecule has 3 rings (SSSR count). The monoisotopic (exact) mass is 344 g/mol. The Morgan fingerprint density at radius 1 is 1.21 bits per heavy atom. The van der Waals surface area contributed by atoms with Crippen LogP contribution < -0.4 is 5.56 Å². The van der Waals surface area contributed by atoms with E-state index >= 15 is 0 Å². The standard InChI is InChI=1S/C16H20N6OS/c1-4-5-11-24-16-17-18-19-21(16)14-12(2)20(3)22(15(14)23)13-9-7-6-8-10-13/h6-10H,4-5,11H2,1-3H3. The molecular weight excluding hydrogens is 324 g/mol. The van der Waals surface area contributed by atoms with Crippen molar-refractivity contribution in [2.45, 2.75) is 31.8 Å². The Morgan fingerprint density at radius 2 is 1.96 bits per heavy atom. The van der Waals surface area contributed by atoms with Crippen LogP contribution in [-0.2, 0) is 7.05 Å². The van der Waals surface area contributed by atoms with Gasteiger partial charge in [-0.05, 0) is 35.9 Å². The molecule has 0 saturated carbocycles. The molecule has 0 saturated heterocycles. The topological polar surface area (TPSA) is 70.5 Å². The van der Waals surface area contributed by atoms with Gasteiger partial charge in [0.05, 0.1) is 11.4 Å². The minimum atomic E-state index is -0.133. The van der Waals surface area contributed by atoms with Crippen LogP contribution in [0.1, 0.15) is 25.5 Å². The van der Waals surface area contributed by atoms with Crippen LogP contribution in [0.5, 0.6) is 0 Å². The fourth-order valence-electron chi connectivity index (χ4n) is 2.52. The van der Waals surface area contributed by atoms with Gasteiger partial charge in [0.2, 0.25) is 5.16 Å². The Balaban J connectivity index is 2.08. The summed E-state index contributed by atoms with van der Waals surface area (Å²) in [4.78, 5) is 13.0. The normalized spacial score (nSPS) is 11.1. The van der Waals surface area contributed by atoms with Gasteiger partial charge in [0, 0.05) is 12.8 Å². The molecule has 0 fully saturated rings. The largest absolute Gasteiger partial charge is 0.297 e. The lowest BCUT2D eigenvalue weighted by molar-refractivity contribution is 0.630. The molecule has 0 amide bonds. The quantitative estimate of drug-likeness (QED) is 0.507. The molecule has 0 N–H and O–H groups in total. The molecule has 2 heterocycles. The molecule has 24 heavy (non-hydrogen) atoms. The second kappa shape index (κ2) is 7.04. The smallest absolute Gasteiger partial charge is 0.283 e. The predicted molar refractivity (Wildman–Crippen MR) is 94.1 cm³/mol. The average Bonchev–Trinajstić information content (AvgIpc) is 3.12. The van der Waals surface area contributed by atoms with Crippen LogP contribution in [0.4, 0.5) is 0 Å². The molecular formula is C16H20N6OS. The second-order valence-electron chi connectivity index (χ2n) is 5.49. The number of benzene rings is 1. The molecule has 2 aromatic heterocycles. The van der Waals surface area contributed by atoms with Gasteiger partial charge in [0.1, 0.15) is 0 Å². The number of hydrogen-bond donors (Lipinski definition) is 0. The molecule has 1 aromatic carbocycles. The van der Waals surface area contributed by atoms with Crippen molar-refractivity contribution in [1.82, 2.24) is 29.6 Å². The lowest BCUT2D eigenvalue weighted by Gasteiger charge is -2.07. The van der Waals surface area contributed by atoms with Gasteiger partial charge < -0.3 is 0 Å². The molecule has 0 aliphatic rings. The summed E-state index contributed by atoms with van der Waals surface area (Å²) in [6, 6.07) is 9.55. The summed E-state index contributed by atoms with van der Waals surface area (Å²) >= 11 is 1.57. The van der Waals surface area contributed by atoms with Crippen molar-refractivity contribution in [3.8, 4) is 11.4 Å². The fourth-order valence-corrected chi connectivity index (χ4v) is 3.48. The van der Waals surface area contributed by atoms with Crippen LogP contribution >= 0.6 is 11.8 Å². The number of unbranched alkanes of at least 4 members (excludes halogenated alkanes) is 1. The van der Waals surface area contributed by atoms with E-state index in [1.165, 1.54) is 0 Å². The van der Waals surface area contributed by atoms with E-state index in [-0.39, 0.29) is 5.56 Å². The number of rotatable bonds is 6. The summed E-state index contributed by atoms with van der Waals surface area (Å²) < 4.78 is 5.01. The first-order valence-electron chi connectivity index (χ1n) is 7.90. The summed E-state index contributed by atoms with van der Waals surface area (Å²) in [5.74, 6) is 0.926. The zero-order valence-corrected chi connectivity index (χ0v) is 14.8. The second-order valence-corrected chi connectivity index (χ2v) is 6.55. The van der Waals surface area contributed by atoms with Gasteiger partial charge in [0.15, 0.2) is 5.69 Å². The van der Waals surface area contributed by atoms with E-state index in [1.54, 1.807) is 21.1 Å². The number of nitrogens with zero attached hydrogens (tertiary/aromatic N) is 6. The van der Waals surface area contributed by atoms with E-state index in [9.17, 15) is 4.79 Å². The van der Waals surface area contributed by atoms with Gasteiger partial charge in [-0.1, -0.05) is 43.3 Å². The highest BCUT2D eigenvalue weighted by Crippen LogP contribution is 2.20. The minimum absolute atomic E-state index is 0.133. The maximum absolute atomic E-state index is 13.0. The van der Waals surface area contributed by atoms with Crippen molar-refractivity contribution in [3.63, 3.8) is 0 Å². The summed E-state index contributed by atoms with van der Waals surface area (Å²) in [5, 5.41) is 12.5. The molecule has 0 unspecified atom stereocenters. The van der Waals surface area contributed by atoms with E-state index < -0.39 is 0 Å². The first-order chi connectivity index (χ1) is 11.6. The van der Waals surface area contributed by atoms with Crippen molar-refractivity contribution in [3.05, 3.63) is 46.4 Å². The summed E-state index contributed by atoms with van der Waals surface area (Å²) in [6.45, 7) is 4.04. The molecule has 7 nitrogen and oxygen atoms in total. The number of para-hydroxylation sites is 1. The van der Waals surface area contributed by atoms with Crippen LogP contribution in [0.3, 0.4) is 0 Å². The molecule has 0 aliphatic heterocycles. The molecule has 126 valence electrons. The number of aromatic nitrogens is 6. The molecule has 3 aromatic rings. The molecule has 0 spiro atoms. The van der Waals surface area contributed by atoms with Crippen LogP contribution in [-0.4, -0.2) is 35.3 Å². The lowest BCUT2D eigenvalue weighted by atomic mass is 10.3. The lowest BCUT2D eigenvalue weighted by Crippen LogP contribution is -2.22. The van der Waals surface area contributed by atoms with Crippen molar-refractivity contribution in [2.75, 3.05) is 5.75 Å². The zero-order chi connectivity index (χ0) is 17.1. The third-order valence-corrected chi connectivity index (χ3v) is 4.91. The summed E-state index contributed by atoms with van der Waals surface area (Å²) in [6.07, 6.45) is 2.19. The maximum Gasteiger partial charge on any atom is 0.297 e. The first kappa shape index (κ1) is 16.5. The van der Waals surface area contributed by atoms with Crippen LogP contribution in [0.25, 0.3) is 11.4 Å². The number of tetrazole rings is 1. The van der Waals surface area contributed by atoms with Crippen LogP contribution in [0, 0.1) is 6.92 Å². The van der Waals surface area contributed by atoms with Crippen LogP contribution in [0.2, 0.25) is 0 Å². The van der Waals surface area contributed by atoms with E-state index in [2.05, 4.69) is 22.4 Å². The summed E-state index contributed by atoms with van der Waals surface area (Å²) in [7, 11) is 1.86. The molecule has 0 bridgehead atoms. The Morgan fingerprint density at radius 3 is 2.67 bits per heavy atom. The number of thioether (sulfide) groups is 1. The Kier molecular flexibility index (Phi) is 4.84. The first-order valence-corrected chi connectivity index (χ1v) is 8.89. The van der Waals surface area contributed by atoms with Crippen molar-refractivity contribution in [1.29, 1.82) is 0 Å². The van der Waals surface area contributed by atoms with Gasteiger partial charge in [-0.2, -0.15) is 4.68 Å². The predicted octanol–water partition coefficient (Wildman–Crippen LogP) is 2.35. The summed E-state index contributed by atoms with van der Waals surface area (Å²) in [5.41, 5.74) is 1.98. The average molecular weight is 344 g/mol. The third kappa shape index (κ3) is 2.89. The Labute approximate surface area is 144 Å². The highest BCUT2D eigenvalue weighted by atomic mass is 32.2. The van der Waals surface area contributed by atoms with Crippen molar-refractivity contribution >= 4 is 11.8 Å². The third-order valence-electron chi connectivity index (χ3n) is 3.91. The highest BCUT2D eigenvalue weighted by Gasteiger charge is 2.21. The maximum atomic E-state index is 13.0. The van der Waals surface area contributed by atoms with Gasteiger partial charge in [-0.15, -0.1) is 5.10 Å². The Bertz CT molecular complexity index is 880. The van der Waals surface area contributed by atoms with Gasteiger partial charge in [-0.25, -0.2) is 4.68 Å². The molecule has 0 aliphatic carbocycles. The van der Waals surface area contributed by atoms with Gasteiger partial charge in [-0.3, -0.25) is 9.48 Å². The van der Waals surface area contributed by atoms with E-state index in [0.717, 1.165) is 30.0 Å². The van der Waals surface area contributed by atoms with Crippen molar-refractivity contribution in [2.24, 2.45) is 7.05 Å². The van der Waals surface area contributed by atoms with E-state index in [0.29, 0.717) is 10.8 Å². The van der Waals surface area contributed by atoms with Crippen molar-refractivity contribution < 1.29 is 0 Å². The zero-order valence-electron chi connectivity index (χ0n) is 14.0. The number of hydrogen-bond acceptors (Lipinski definition) is 5. The van der Waals surface area contributed by atoms with Gasteiger partial charge in [0.25, 0.3) is 5.56 Å².